The van der Waals surface area contributed by atoms with Crippen molar-refractivity contribution >= 4 is 16.9 Å². The molecule has 0 unspecified atom stereocenters. The number of fused-ring (bicyclic) bond motifs is 1. The van der Waals surface area contributed by atoms with Gasteiger partial charge in [-0.05, 0) is 19.1 Å². The van der Waals surface area contributed by atoms with Crippen molar-refractivity contribution in [3.05, 3.63) is 54.5 Å². The highest BCUT2D eigenvalue weighted by molar-refractivity contribution is 5.87. The summed E-state index contributed by atoms with van der Waals surface area (Å²) in [5, 5.41) is 8.21. The molecular formula is C24H27N7O. The van der Waals surface area contributed by atoms with E-state index in [-0.39, 0.29) is 0 Å². The fourth-order valence-electron chi connectivity index (χ4n) is 4.47. The van der Waals surface area contributed by atoms with Gasteiger partial charge in [-0.15, -0.1) is 0 Å². The van der Waals surface area contributed by atoms with Crippen LogP contribution in [-0.2, 0) is 11.3 Å². The summed E-state index contributed by atoms with van der Waals surface area (Å²) in [6.45, 7) is 8.29. The van der Waals surface area contributed by atoms with Crippen molar-refractivity contribution in [2.24, 2.45) is 5.92 Å². The summed E-state index contributed by atoms with van der Waals surface area (Å²) in [6.07, 6.45) is 3.93. The first-order valence-corrected chi connectivity index (χ1v) is 11.3. The molecule has 0 spiro atoms. The summed E-state index contributed by atoms with van der Waals surface area (Å²) in [7, 11) is 0. The largest absolute Gasteiger partial charge is 0.378 e. The Balaban J connectivity index is 1.43. The maximum atomic E-state index is 5.58. The molecule has 8 nitrogen and oxygen atoms in total. The van der Waals surface area contributed by atoms with Gasteiger partial charge in [0.2, 0.25) is 0 Å². The lowest BCUT2D eigenvalue weighted by atomic mass is 10.0. The van der Waals surface area contributed by atoms with Crippen molar-refractivity contribution in [3.8, 4) is 17.1 Å². The van der Waals surface area contributed by atoms with E-state index in [1.165, 1.54) is 5.56 Å². The number of aryl methyl sites for hydroxylation is 1. The van der Waals surface area contributed by atoms with Gasteiger partial charge in [0.1, 0.15) is 5.52 Å². The number of morpholine rings is 1. The lowest BCUT2D eigenvalue weighted by Gasteiger charge is -2.29. The predicted octanol–water partition coefficient (Wildman–Crippen LogP) is 2.65. The number of pyridine rings is 1. The van der Waals surface area contributed by atoms with Gasteiger partial charge in [0.05, 0.1) is 30.9 Å². The van der Waals surface area contributed by atoms with Crippen LogP contribution in [0.3, 0.4) is 0 Å². The lowest BCUT2D eigenvalue weighted by Crippen LogP contribution is -2.44. The van der Waals surface area contributed by atoms with Crippen LogP contribution in [0.2, 0.25) is 0 Å². The third-order valence-electron chi connectivity index (χ3n) is 6.35. The number of nitrogens with one attached hydrogen (secondary N) is 1. The van der Waals surface area contributed by atoms with Crippen molar-refractivity contribution < 1.29 is 4.74 Å². The maximum Gasteiger partial charge on any atom is 0.164 e. The molecule has 5 heterocycles. The first-order chi connectivity index (χ1) is 15.7. The highest BCUT2D eigenvalue weighted by Gasteiger charge is 2.23. The van der Waals surface area contributed by atoms with Gasteiger partial charge in [0.15, 0.2) is 11.5 Å². The van der Waals surface area contributed by atoms with Gasteiger partial charge in [-0.1, -0.05) is 23.8 Å². The first kappa shape index (κ1) is 19.5. The van der Waals surface area contributed by atoms with E-state index in [0.29, 0.717) is 5.92 Å². The first-order valence-electron chi connectivity index (χ1n) is 11.3. The van der Waals surface area contributed by atoms with Gasteiger partial charge in [0, 0.05) is 56.5 Å². The molecule has 1 N–H and O–H groups in total. The Morgan fingerprint density at radius 2 is 2.00 bits per heavy atom. The standard InChI is InChI=1S/C24H27N7O/c1-17-3-2-4-19(11-17)20-5-6-31(28-20)22-12-21(29-7-9-32-10-8-29)23-24(27-22)30(16-26-23)15-18-13-25-14-18/h2-6,11-12,16,18,25H,7-10,13-15H2,1H3. The number of rotatable bonds is 5. The Morgan fingerprint density at radius 1 is 1.12 bits per heavy atom. The molecule has 2 aliphatic rings. The third-order valence-corrected chi connectivity index (χ3v) is 6.35. The zero-order valence-corrected chi connectivity index (χ0v) is 18.2. The van der Waals surface area contributed by atoms with E-state index in [2.05, 4.69) is 52.0 Å². The van der Waals surface area contributed by atoms with Crippen LogP contribution < -0.4 is 10.2 Å². The molecule has 0 bridgehead atoms. The van der Waals surface area contributed by atoms with E-state index >= 15 is 0 Å². The molecule has 2 fully saturated rings. The molecule has 4 aromatic rings. The second-order valence-corrected chi connectivity index (χ2v) is 8.71. The van der Waals surface area contributed by atoms with Crippen molar-refractivity contribution in [2.45, 2.75) is 13.5 Å². The van der Waals surface area contributed by atoms with E-state index in [4.69, 9.17) is 19.8 Å². The van der Waals surface area contributed by atoms with Crippen molar-refractivity contribution in [3.63, 3.8) is 0 Å². The quantitative estimate of drug-likeness (QED) is 0.526. The summed E-state index contributed by atoms with van der Waals surface area (Å²) in [5.41, 5.74) is 6.25. The van der Waals surface area contributed by atoms with Gasteiger partial charge in [-0.3, -0.25) is 0 Å². The van der Waals surface area contributed by atoms with Crippen molar-refractivity contribution in [2.75, 3.05) is 44.3 Å². The van der Waals surface area contributed by atoms with Gasteiger partial charge in [-0.25, -0.2) is 14.6 Å². The molecular weight excluding hydrogens is 402 g/mol. The van der Waals surface area contributed by atoms with Crippen LogP contribution in [-0.4, -0.2) is 63.7 Å². The molecule has 0 radical (unpaired) electrons. The van der Waals surface area contributed by atoms with Gasteiger partial charge < -0.3 is 19.5 Å². The predicted molar refractivity (Wildman–Crippen MR) is 124 cm³/mol. The second-order valence-electron chi connectivity index (χ2n) is 8.71. The molecule has 0 aliphatic carbocycles. The van der Waals surface area contributed by atoms with E-state index in [0.717, 1.165) is 79.9 Å². The summed E-state index contributed by atoms with van der Waals surface area (Å²) in [5.74, 6) is 1.44. The molecule has 32 heavy (non-hydrogen) atoms. The normalized spacial score (nSPS) is 17.1. The summed E-state index contributed by atoms with van der Waals surface area (Å²) >= 11 is 0. The van der Waals surface area contributed by atoms with Crippen LogP contribution in [0.25, 0.3) is 28.2 Å². The monoisotopic (exact) mass is 429 g/mol. The van der Waals surface area contributed by atoms with Crippen molar-refractivity contribution in [1.82, 2.24) is 29.6 Å². The Morgan fingerprint density at radius 3 is 2.78 bits per heavy atom. The average molecular weight is 430 g/mol. The molecule has 0 amide bonds. The molecule has 6 rings (SSSR count). The SMILES string of the molecule is Cc1cccc(-c2ccn(-c3cc(N4CCOCC4)c4ncn(CC5CNC5)c4n3)n2)c1. The molecule has 164 valence electrons. The topological polar surface area (TPSA) is 73.0 Å². The van der Waals surface area contributed by atoms with Crippen molar-refractivity contribution in [1.29, 1.82) is 0 Å². The van der Waals surface area contributed by atoms with Crippen LogP contribution in [0.15, 0.2) is 48.9 Å². The number of anilines is 1. The van der Waals surface area contributed by atoms with Gasteiger partial charge in [0.25, 0.3) is 0 Å². The number of hydrogen-bond donors (Lipinski definition) is 1. The number of benzene rings is 1. The minimum absolute atomic E-state index is 0.627. The average Bonchev–Trinajstić information content (AvgIpc) is 3.44. The van der Waals surface area contributed by atoms with E-state index in [9.17, 15) is 0 Å². The maximum absolute atomic E-state index is 5.58. The minimum atomic E-state index is 0.627. The number of hydrogen-bond acceptors (Lipinski definition) is 6. The van der Waals surface area contributed by atoms with Gasteiger partial charge in [-0.2, -0.15) is 5.10 Å². The highest BCUT2D eigenvalue weighted by Crippen LogP contribution is 2.29. The Hall–Kier alpha value is -3.23. The Kier molecular flexibility index (Phi) is 4.88. The smallest absolute Gasteiger partial charge is 0.164 e. The molecule has 2 saturated heterocycles. The summed E-state index contributed by atoms with van der Waals surface area (Å²) < 4.78 is 9.65. The fraction of sp³-hybridized carbons (Fsp3) is 0.375. The number of imidazole rings is 1. The number of nitrogens with zero attached hydrogens (tertiary/aromatic N) is 6. The minimum Gasteiger partial charge on any atom is -0.378 e. The van der Waals surface area contributed by atoms with E-state index in [1.54, 1.807) is 0 Å². The molecule has 2 aliphatic heterocycles. The van der Waals surface area contributed by atoms with E-state index in [1.807, 2.05) is 23.3 Å². The zero-order chi connectivity index (χ0) is 21.5. The molecule has 0 atom stereocenters. The highest BCUT2D eigenvalue weighted by atomic mass is 16.5. The second kappa shape index (κ2) is 8.03. The Bertz CT molecular complexity index is 1250. The van der Waals surface area contributed by atoms with E-state index < -0.39 is 0 Å². The summed E-state index contributed by atoms with van der Waals surface area (Å²) in [4.78, 5) is 12.1. The van der Waals surface area contributed by atoms with Crippen LogP contribution in [0.4, 0.5) is 5.69 Å². The van der Waals surface area contributed by atoms with Crippen LogP contribution >= 0.6 is 0 Å². The molecule has 3 aromatic heterocycles. The fourth-order valence-corrected chi connectivity index (χ4v) is 4.47. The number of ether oxygens (including phenoxy) is 1. The van der Waals surface area contributed by atoms with Crippen LogP contribution in [0, 0.1) is 12.8 Å². The summed E-state index contributed by atoms with van der Waals surface area (Å²) in [6, 6.07) is 12.6. The lowest BCUT2D eigenvalue weighted by molar-refractivity contribution is 0.123. The van der Waals surface area contributed by atoms with Crippen LogP contribution in [0.1, 0.15) is 5.56 Å². The van der Waals surface area contributed by atoms with Crippen LogP contribution in [0.5, 0.6) is 0 Å². The third kappa shape index (κ3) is 3.55. The molecule has 0 saturated carbocycles. The molecule has 1 aromatic carbocycles. The van der Waals surface area contributed by atoms with Gasteiger partial charge >= 0.3 is 0 Å². The zero-order valence-electron chi connectivity index (χ0n) is 18.2. The molecule has 8 heteroatoms. The number of aromatic nitrogens is 5. The Labute approximate surface area is 186 Å².